The molecule has 0 spiro atoms. The minimum atomic E-state index is -1.08. The minimum absolute atomic E-state index is 0.0254. The number of carboxylic acid groups (broad SMARTS) is 1. The molecular weight excluding hydrogens is 402 g/mol. The van der Waals surface area contributed by atoms with E-state index in [2.05, 4.69) is 15.4 Å². The third-order valence-electron chi connectivity index (χ3n) is 4.05. The first kappa shape index (κ1) is 21.6. The lowest BCUT2D eigenvalue weighted by molar-refractivity contribution is -0.144. The maximum absolute atomic E-state index is 12.7. The lowest BCUT2D eigenvalue weighted by atomic mass is 10.2. The van der Waals surface area contributed by atoms with Gasteiger partial charge in [0.2, 0.25) is 11.9 Å². The van der Waals surface area contributed by atoms with Gasteiger partial charge < -0.3 is 25.6 Å². The van der Waals surface area contributed by atoms with Gasteiger partial charge in [-0.3, -0.25) is 4.79 Å². The Balaban J connectivity index is 1.74. The van der Waals surface area contributed by atoms with E-state index >= 15 is 0 Å². The Morgan fingerprint density at radius 3 is 2.42 bits per heavy atom. The first-order valence-corrected chi connectivity index (χ1v) is 9.53. The van der Waals surface area contributed by atoms with Crippen molar-refractivity contribution in [1.82, 2.24) is 14.8 Å². The van der Waals surface area contributed by atoms with Gasteiger partial charge in [-0.25, -0.2) is 4.79 Å². The Kier molecular flexibility index (Phi) is 6.39. The van der Waals surface area contributed by atoms with Crippen molar-refractivity contribution < 1.29 is 24.2 Å². The summed E-state index contributed by atoms with van der Waals surface area (Å²) in [6.45, 7) is 5.26. The lowest BCUT2D eigenvalue weighted by Crippen LogP contribution is -2.22. The predicted octanol–water partition coefficient (Wildman–Crippen LogP) is 2.93. The van der Waals surface area contributed by atoms with E-state index in [1.165, 1.54) is 6.92 Å². The van der Waals surface area contributed by atoms with E-state index < -0.39 is 18.0 Å². The molecule has 0 saturated carbocycles. The van der Waals surface area contributed by atoms with Crippen LogP contribution in [-0.2, 0) is 4.79 Å². The Morgan fingerprint density at radius 1 is 1.06 bits per heavy atom. The summed E-state index contributed by atoms with van der Waals surface area (Å²) in [6, 6.07) is 13.2. The quantitative estimate of drug-likeness (QED) is 0.496. The van der Waals surface area contributed by atoms with Gasteiger partial charge in [0, 0.05) is 17.3 Å². The van der Waals surface area contributed by atoms with Gasteiger partial charge >= 0.3 is 5.97 Å². The Labute approximate surface area is 178 Å². The summed E-state index contributed by atoms with van der Waals surface area (Å²) in [7, 11) is 0. The van der Waals surface area contributed by atoms with Crippen molar-refractivity contribution in [3.63, 3.8) is 0 Å². The van der Waals surface area contributed by atoms with Crippen LogP contribution in [0.5, 0.6) is 11.5 Å². The molecule has 10 nitrogen and oxygen atoms in total. The third-order valence-corrected chi connectivity index (χ3v) is 4.05. The van der Waals surface area contributed by atoms with E-state index in [9.17, 15) is 9.59 Å². The van der Waals surface area contributed by atoms with Crippen molar-refractivity contribution in [1.29, 1.82) is 0 Å². The highest BCUT2D eigenvalue weighted by molar-refractivity contribution is 5.97. The molecule has 0 aliphatic heterocycles. The van der Waals surface area contributed by atoms with Gasteiger partial charge in [-0.05, 0) is 57.2 Å². The number of rotatable bonds is 8. The number of hydrogen-bond acceptors (Lipinski definition) is 8. The second kappa shape index (κ2) is 9.16. The van der Waals surface area contributed by atoms with Crippen LogP contribution in [0.15, 0.2) is 48.5 Å². The highest BCUT2D eigenvalue weighted by atomic mass is 16.5. The highest BCUT2D eigenvalue weighted by Crippen LogP contribution is 2.22. The molecule has 1 heterocycles. The smallest absolute Gasteiger partial charge is 0.344 e. The normalized spacial score (nSPS) is 11.7. The summed E-state index contributed by atoms with van der Waals surface area (Å²) >= 11 is 0. The SMILES string of the molecule is CC(C)Oc1ccc(C(=O)n2nc(Nc3cccc(OC(C)C(=O)O)c3)nc2N)cc1. The molecule has 0 saturated heterocycles. The van der Waals surface area contributed by atoms with Gasteiger partial charge in [-0.2, -0.15) is 9.67 Å². The molecule has 1 unspecified atom stereocenters. The number of nitrogen functional groups attached to an aromatic ring is 1. The second-order valence-electron chi connectivity index (χ2n) is 6.95. The molecule has 1 atom stereocenters. The zero-order valence-corrected chi connectivity index (χ0v) is 17.3. The van der Waals surface area contributed by atoms with Crippen molar-refractivity contribution in [2.45, 2.75) is 33.0 Å². The van der Waals surface area contributed by atoms with E-state index in [1.54, 1.807) is 48.5 Å². The van der Waals surface area contributed by atoms with Gasteiger partial charge in [0.05, 0.1) is 6.10 Å². The van der Waals surface area contributed by atoms with Crippen molar-refractivity contribution >= 4 is 29.5 Å². The fraction of sp³-hybridized carbons (Fsp3) is 0.238. The largest absolute Gasteiger partial charge is 0.491 e. The lowest BCUT2D eigenvalue weighted by Gasteiger charge is -2.11. The number of nitrogens with two attached hydrogens (primary N) is 1. The van der Waals surface area contributed by atoms with Crippen molar-refractivity contribution in [2.75, 3.05) is 11.1 Å². The van der Waals surface area contributed by atoms with Gasteiger partial charge in [-0.15, -0.1) is 5.10 Å². The van der Waals surface area contributed by atoms with E-state index in [0.29, 0.717) is 22.7 Å². The number of benzene rings is 2. The van der Waals surface area contributed by atoms with Crippen molar-refractivity contribution in [3.8, 4) is 11.5 Å². The Morgan fingerprint density at radius 2 is 1.77 bits per heavy atom. The van der Waals surface area contributed by atoms with Crippen LogP contribution in [0.4, 0.5) is 17.6 Å². The average Bonchev–Trinajstić information content (AvgIpc) is 3.07. The Hall–Kier alpha value is -4.08. The molecule has 31 heavy (non-hydrogen) atoms. The number of carboxylic acids is 1. The molecule has 3 aromatic rings. The summed E-state index contributed by atoms with van der Waals surface area (Å²) in [4.78, 5) is 27.8. The van der Waals surface area contributed by atoms with Crippen molar-refractivity contribution in [2.24, 2.45) is 0 Å². The number of hydrogen-bond donors (Lipinski definition) is 3. The number of ether oxygens (including phenoxy) is 2. The summed E-state index contributed by atoms with van der Waals surface area (Å²) in [5.74, 6) is -0.488. The topological polar surface area (TPSA) is 142 Å². The predicted molar refractivity (Wildman–Crippen MR) is 114 cm³/mol. The molecule has 2 aromatic carbocycles. The van der Waals surface area contributed by atoms with Crippen LogP contribution < -0.4 is 20.5 Å². The van der Waals surface area contributed by atoms with Crippen LogP contribution >= 0.6 is 0 Å². The number of carbonyl (C=O) groups is 2. The number of nitrogens with zero attached hydrogens (tertiary/aromatic N) is 3. The maximum atomic E-state index is 12.7. The number of aliphatic carboxylic acids is 1. The standard InChI is InChI=1S/C21H23N5O5/c1-12(2)30-16-9-7-14(8-10-16)18(27)26-20(22)24-21(25-26)23-15-5-4-6-17(11-15)31-13(3)19(28)29/h4-13H,1-3H3,(H,28,29)(H3,22,23,24,25). The zero-order valence-electron chi connectivity index (χ0n) is 17.3. The molecular formula is C21H23N5O5. The number of anilines is 3. The van der Waals surface area contributed by atoms with Crippen LogP contribution in [0, 0.1) is 0 Å². The minimum Gasteiger partial charge on any atom is -0.491 e. The van der Waals surface area contributed by atoms with E-state index in [4.69, 9.17) is 20.3 Å². The van der Waals surface area contributed by atoms with Crippen LogP contribution in [0.1, 0.15) is 31.1 Å². The van der Waals surface area contributed by atoms with Crippen LogP contribution in [0.25, 0.3) is 0 Å². The summed E-state index contributed by atoms with van der Waals surface area (Å²) < 4.78 is 11.9. The summed E-state index contributed by atoms with van der Waals surface area (Å²) in [5, 5.41) is 16.0. The summed E-state index contributed by atoms with van der Waals surface area (Å²) in [5.41, 5.74) is 6.78. The summed E-state index contributed by atoms with van der Waals surface area (Å²) in [6.07, 6.45) is -0.976. The van der Waals surface area contributed by atoms with Crippen LogP contribution in [0.3, 0.4) is 0 Å². The number of aromatic nitrogens is 3. The first-order chi connectivity index (χ1) is 14.7. The molecule has 0 fully saturated rings. The molecule has 1 aromatic heterocycles. The molecule has 0 aliphatic rings. The maximum Gasteiger partial charge on any atom is 0.344 e. The molecule has 0 amide bonds. The number of nitrogens with one attached hydrogen (secondary N) is 1. The molecule has 4 N–H and O–H groups in total. The van der Waals surface area contributed by atoms with Gasteiger partial charge in [-0.1, -0.05) is 6.07 Å². The first-order valence-electron chi connectivity index (χ1n) is 9.53. The highest BCUT2D eigenvalue weighted by Gasteiger charge is 2.17. The molecule has 10 heteroatoms. The van der Waals surface area contributed by atoms with E-state index in [1.807, 2.05) is 13.8 Å². The fourth-order valence-corrected chi connectivity index (χ4v) is 2.63. The van der Waals surface area contributed by atoms with Gasteiger partial charge in [0.1, 0.15) is 11.5 Å². The molecule has 3 rings (SSSR count). The van der Waals surface area contributed by atoms with Gasteiger partial charge in [0.25, 0.3) is 5.91 Å². The fourth-order valence-electron chi connectivity index (χ4n) is 2.63. The van der Waals surface area contributed by atoms with Crippen molar-refractivity contribution in [3.05, 3.63) is 54.1 Å². The van der Waals surface area contributed by atoms with E-state index in [-0.39, 0.29) is 18.0 Å². The van der Waals surface area contributed by atoms with Gasteiger partial charge in [0.15, 0.2) is 6.10 Å². The Bertz CT molecular complexity index is 1080. The number of carbonyl (C=O) groups excluding carboxylic acids is 1. The zero-order chi connectivity index (χ0) is 22.5. The molecule has 0 radical (unpaired) electrons. The molecule has 0 bridgehead atoms. The van der Waals surface area contributed by atoms with E-state index in [0.717, 1.165) is 4.68 Å². The molecule has 0 aliphatic carbocycles. The second-order valence-corrected chi connectivity index (χ2v) is 6.95. The van der Waals surface area contributed by atoms with Crippen LogP contribution in [0.2, 0.25) is 0 Å². The third kappa shape index (κ3) is 5.50. The molecule has 162 valence electrons. The average molecular weight is 425 g/mol. The monoisotopic (exact) mass is 425 g/mol. The van der Waals surface area contributed by atoms with Crippen LogP contribution in [-0.4, -0.2) is 44.0 Å².